The molecule has 1 aliphatic carbocycles. The van der Waals surface area contributed by atoms with Crippen molar-refractivity contribution in [2.24, 2.45) is 5.92 Å². The van der Waals surface area contributed by atoms with Gasteiger partial charge in [-0.25, -0.2) is 10.1 Å². The Morgan fingerprint density at radius 2 is 2.25 bits per heavy atom. The Kier molecular flexibility index (Phi) is 1.80. The molecule has 0 saturated heterocycles. The van der Waals surface area contributed by atoms with Crippen LogP contribution in [0.2, 0.25) is 0 Å². The average molecular weight is 120 g/mol. The van der Waals surface area contributed by atoms with Crippen LogP contribution in [-0.2, 0) is 15.0 Å². The average Bonchev–Trinajstić information content (AvgIpc) is 2.42. The Bertz CT molecular complexity index is 74.4. The monoisotopic (exact) mass is 120 g/mol. The lowest BCUT2D eigenvalue weighted by Gasteiger charge is -1.92. The SMILES string of the molecule is CC1CC1OOOO. The maximum absolute atomic E-state index is 7.58. The highest BCUT2D eigenvalue weighted by Crippen LogP contribution is 2.32. The van der Waals surface area contributed by atoms with E-state index >= 15 is 0 Å². The van der Waals surface area contributed by atoms with Gasteiger partial charge in [-0.15, -0.1) is 0 Å². The molecule has 0 radical (unpaired) electrons. The number of rotatable bonds is 3. The van der Waals surface area contributed by atoms with Crippen LogP contribution in [0.3, 0.4) is 0 Å². The second-order valence-corrected chi connectivity index (χ2v) is 1.99. The van der Waals surface area contributed by atoms with Crippen molar-refractivity contribution in [2.45, 2.75) is 19.4 Å². The van der Waals surface area contributed by atoms with Gasteiger partial charge in [0, 0.05) is 0 Å². The van der Waals surface area contributed by atoms with Crippen LogP contribution < -0.4 is 0 Å². The zero-order chi connectivity index (χ0) is 5.98. The summed E-state index contributed by atoms with van der Waals surface area (Å²) in [7, 11) is 0. The van der Waals surface area contributed by atoms with Crippen molar-refractivity contribution in [3.63, 3.8) is 0 Å². The minimum atomic E-state index is 0.113. The Labute approximate surface area is 46.8 Å². The van der Waals surface area contributed by atoms with Crippen molar-refractivity contribution in [1.29, 1.82) is 0 Å². The van der Waals surface area contributed by atoms with Crippen molar-refractivity contribution in [2.75, 3.05) is 0 Å². The molecule has 0 aromatic rings. The molecule has 0 aliphatic heterocycles. The fourth-order valence-corrected chi connectivity index (χ4v) is 0.490. The van der Waals surface area contributed by atoms with E-state index in [1.807, 2.05) is 6.92 Å². The summed E-state index contributed by atoms with van der Waals surface area (Å²) in [6, 6.07) is 0. The fourth-order valence-electron chi connectivity index (χ4n) is 0.490. The molecule has 0 aromatic heterocycles. The van der Waals surface area contributed by atoms with E-state index in [0.29, 0.717) is 5.92 Å². The van der Waals surface area contributed by atoms with Crippen molar-refractivity contribution in [3.05, 3.63) is 0 Å². The van der Waals surface area contributed by atoms with E-state index in [-0.39, 0.29) is 6.10 Å². The van der Waals surface area contributed by atoms with Gasteiger partial charge in [0.1, 0.15) is 0 Å². The molecule has 0 aromatic carbocycles. The molecule has 2 unspecified atom stereocenters. The van der Waals surface area contributed by atoms with E-state index in [4.69, 9.17) is 5.26 Å². The van der Waals surface area contributed by atoms with Crippen LogP contribution >= 0.6 is 0 Å². The van der Waals surface area contributed by atoms with Gasteiger partial charge in [-0.2, -0.15) is 0 Å². The van der Waals surface area contributed by atoms with Crippen molar-refractivity contribution in [3.8, 4) is 0 Å². The second kappa shape index (κ2) is 2.41. The lowest BCUT2D eigenvalue weighted by atomic mass is 10.5. The van der Waals surface area contributed by atoms with E-state index in [1.54, 1.807) is 0 Å². The van der Waals surface area contributed by atoms with E-state index in [1.165, 1.54) is 0 Å². The van der Waals surface area contributed by atoms with E-state index in [9.17, 15) is 0 Å². The Morgan fingerprint density at radius 1 is 1.62 bits per heavy atom. The third-order valence-corrected chi connectivity index (χ3v) is 1.23. The molecule has 1 saturated carbocycles. The van der Waals surface area contributed by atoms with E-state index in [0.717, 1.165) is 6.42 Å². The minimum absolute atomic E-state index is 0.113. The molecule has 48 valence electrons. The predicted molar refractivity (Wildman–Crippen MR) is 23.5 cm³/mol. The van der Waals surface area contributed by atoms with Gasteiger partial charge in [-0.1, -0.05) is 6.92 Å². The molecule has 0 bridgehead atoms. The quantitative estimate of drug-likeness (QED) is 0.441. The summed E-state index contributed by atoms with van der Waals surface area (Å²) in [6.45, 7) is 2.02. The minimum Gasteiger partial charge on any atom is -0.219 e. The molecule has 1 aliphatic rings. The number of hydrogen-bond acceptors (Lipinski definition) is 4. The summed E-state index contributed by atoms with van der Waals surface area (Å²) >= 11 is 0. The standard InChI is InChI=1S/C4H8O4/c1-3-2-4(3)6-8-7-5/h3-5H,2H2,1H3. The smallest absolute Gasteiger partial charge is 0.0992 e. The van der Waals surface area contributed by atoms with E-state index in [2.05, 4.69) is 15.0 Å². The molecule has 2 atom stereocenters. The molecule has 1 fully saturated rings. The molecular weight excluding hydrogens is 112 g/mol. The summed E-state index contributed by atoms with van der Waals surface area (Å²) in [5.74, 6) is 0.533. The second-order valence-electron chi connectivity index (χ2n) is 1.99. The van der Waals surface area contributed by atoms with Crippen LogP contribution in [0.4, 0.5) is 0 Å². The molecular formula is C4H8O4. The molecule has 0 amide bonds. The maximum Gasteiger partial charge on any atom is 0.0992 e. The van der Waals surface area contributed by atoms with Gasteiger partial charge in [0.25, 0.3) is 0 Å². The molecule has 4 heteroatoms. The Morgan fingerprint density at radius 3 is 2.62 bits per heavy atom. The highest BCUT2D eigenvalue weighted by atomic mass is 17.6. The summed E-state index contributed by atoms with van der Waals surface area (Å²) < 4.78 is 0. The third kappa shape index (κ3) is 1.41. The lowest BCUT2D eigenvalue weighted by Crippen LogP contribution is -1.96. The van der Waals surface area contributed by atoms with Gasteiger partial charge < -0.3 is 0 Å². The first-order chi connectivity index (χ1) is 3.84. The van der Waals surface area contributed by atoms with Crippen LogP contribution in [0.5, 0.6) is 0 Å². The molecule has 1 N–H and O–H groups in total. The van der Waals surface area contributed by atoms with Crippen molar-refractivity contribution < 1.29 is 20.2 Å². The van der Waals surface area contributed by atoms with Gasteiger partial charge in [0.15, 0.2) is 0 Å². The Balaban J connectivity index is 1.89. The highest BCUT2D eigenvalue weighted by molar-refractivity contribution is 4.81. The highest BCUT2D eigenvalue weighted by Gasteiger charge is 2.35. The molecule has 4 nitrogen and oxygen atoms in total. The largest absolute Gasteiger partial charge is 0.219 e. The summed E-state index contributed by atoms with van der Waals surface area (Å²) in [4.78, 5) is 4.44. The van der Waals surface area contributed by atoms with Gasteiger partial charge in [0.05, 0.1) is 6.10 Å². The maximum atomic E-state index is 7.58. The van der Waals surface area contributed by atoms with Crippen LogP contribution in [-0.4, -0.2) is 11.4 Å². The zero-order valence-electron chi connectivity index (χ0n) is 4.53. The van der Waals surface area contributed by atoms with Gasteiger partial charge >= 0.3 is 0 Å². The lowest BCUT2D eigenvalue weighted by molar-refractivity contribution is -0.626. The predicted octanol–water partition coefficient (Wildman–Crippen LogP) is 0.748. The van der Waals surface area contributed by atoms with Crippen molar-refractivity contribution >= 4 is 0 Å². The van der Waals surface area contributed by atoms with Gasteiger partial charge in [-0.3, -0.25) is 0 Å². The normalized spacial score (nSPS) is 35.2. The van der Waals surface area contributed by atoms with Crippen LogP contribution in [0, 0.1) is 5.92 Å². The van der Waals surface area contributed by atoms with Gasteiger partial charge in [0.2, 0.25) is 0 Å². The van der Waals surface area contributed by atoms with Crippen LogP contribution in [0.15, 0.2) is 0 Å². The van der Waals surface area contributed by atoms with Crippen molar-refractivity contribution in [1.82, 2.24) is 0 Å². The van der Waals surface area contributed by atoms with Gasteiger partial charge in [-0.05, 0) is 22.4 Å². The third-order valence-electron chi connectivity index (χ3n) is 1.23. The fraction of sp³-hybridized carbons (Fsp3) is 1.00. The first-order valence-corrected chi connectivity index (χ1v) is 2.48. The van der Waals surface area contributed by atoms with Crippen LogP contribution in [0.25, 0.3) is 0 Å². The topological polar surface area (TPSA) is 47.9 Å². The molecule has 1 rings (SSSR count). The Hall–Kier alpha value is -0.160. The first kappa shape index (κ1) is 5.97. The van der Waals surface area contributed by atoms with Crippen LogP contribution in [0.1, 0.15) is 13.3 Å². The molecule has 0 spiro atoms. The zero-order valence-corrected chi connectivity index (χ0v) is 4.53. The number of hydrogen-bond donors (Lipinski definition) is 1. The first-order valence-electron chi connectivity index (χ1n) is 2.48. The summed E-state index contributed by atoms with van der Waals surface area (Å²) in [6.07, 6.45) is 1.09. The molecule has 0 heterocycles. The van der Waals surface area contributed by atoms with E-state index < -0.39 is 0 Å². The summed E-state index contributed by atoms with van der Waals surface area (Å²) in [5, 5.41) is 14.6. The summed E-state index contributed by atoms with van der Waals surface area (Å²) in [5.41, 5.74) is 0. The molecule has 8 heavy (non-hydrogen) atoms.